The van der Waals surface area contributed by atoms with Gasteiger partial charge in [-0.1, -0.05) is 23.5 Å². The normalized spacial score (nSPS) is 13.2. The van der Waals surface area contributed by atoms with E-state index in [0.717, 1.165) is 22.3 Å². The molecule has 4 nitrogen and oxygen atoms in total. The number of anilines is 2. The van der Waals surface area contributed by atoms with Crippen LogP contribution in [0, 0.1) is 0 Å². The lowest BCUT2D eigenvalue weighted by molar-refractivity contribution is -0.620. The SMILES string of the molecule is CC(C)N1c2ccccc2Oc2sc[n+](N)c21. The van der Waals surface area contributed by atoms with Gasteiger partial charge in [0, 0.05) is 0 Å². The van der Waals surface area contributed by atoms with Gasteiger partial charge in [-0.2, -0.15) is 0 Å². The minimum absolute atomic E-state index is 0.322. The Morgan fingerprint density at radius 1 is 1.35 bits per heavy atom. The van der Waals surface area contributed by atoms with Gasteiger partial charge in [-0.25, -0.2) is 4.90 Å². The van der Waals surface area contributed by atoms with E-state index in [2.05, 4.69) is 24.8 Å². The maximum Gasteiger partial charge on any atom is 0.360 e. The van der Waals surface area contributed by atoms with E-state index in [1.165, 1.54) is 11.3 Å². The summed E-state index contributed by atoms with van der Waals surface area (Å²) in [5, 5.41) is 0.847. The van der Waals surface area contributed by atoms with Gasteiger partial charge in [-0.3, -0.25) is 5.84 Å². The molecular formula is C12H14N3OS+. The Hall–Kier alpha value is -1.75. The average molecular weight is 248 g/mol. The molecule has 0 saturated carbocycles. The Balaban J connectivity index is 2.22. The van der Waals surface area contributed by atoms with Gasteiger partial charge in [0.05, 0.1) is 6.04 Å². The number of nitrogens with two attached hydrogens (primary N) is 1. The highest BCUT2D eigenvalue weighted by Crippen LogP contribution is 2.47. The summed E-state index contributed by atoms with van der Waals surface area (Å²) in [6.07, 6.45) is 0. The fourth-order valence-electron chi connectivity index (χ4n) is 2.08. The lowest BCUT2D eigenvalue weighted by atomic mass is 10.2. The number of benzene rings is 1. The van der Waals surface area contributed by atoms with E-state index >= 15 is 0 Å². The first-order valence-corrected chi connectivity index (χ1v) is 6.41. The largest absolute Gasteiger partial charge is 0.434 e. The van der Waals surface area contributed by atoms with Crippen LogP contribution in [0.2, 0.25) is 0 Å². The molecule has 1 aliphatic heterocycles. The van der Waals surface area contributed by atoms with Crippen molar-refractivity contribution in [3.63, 3.8) is 0 Å². The second-order valence-electron chi connectivity index (χ2n) is 4.28. The number of hydrogen-bond donors (Lipinski definition) is 1. The topological polar surface area (TPSA) is 42.4 Å². The zero-order valence-electron chi connectivity index (χ0n) is 9.75. The number of nitrogens with zero attached hydrogens (tertiary/aromatic N) is 2. The molecule has 0 spiro atoms. The van der Waals surface area contributed by atoms with Crippen LogP contribution in [-0.2, 0) is 0 Å². The van der Waals surface area contributed by atoms with Crippen molar-refractivity contribution in [1.29, 1.82) is 0 Å². The Labute approximate surface area is 104 Å². The van der Waals surface area contributed by atoms with Gasteiger partial charge in [0.1, 0.15) is 0 Å². The molecule has 2 heterocycles. The molecule has 0 aliphatic carbocycles. The Kier molecular flexibility index (Phi) is 2.22. The van der Waals surface area contributed by atoms with Crippen molar-refractivity contribution in [2.75, 3.05) is 10.7 Å². The number of para-hydroxylation sites is 2. The van der Waals surface area contributed by atoms with Gasteiger partial charge < -0.3 is 4.74 Å². The van der Waals surface area contributed by atoms with Crippen LogP contribution in [0.3, 0.4) is 0 Å². The van der Waals surface area contributed by atoms with E-state index in [-0.39, 0.29) is 0 Å². The van der Waals surface area contributed by atoms with Gasteiger partial charge in [0.15, 0.2) is 16.9 Å². The third kappa shape index (κ3) is 1.46. The Bertz CT molecular complexity index is 565. The molecule has 0 bridgehead atoms. The third-order valence-corrected chi connectivity index (χ3v) is 3.58. The summed E-state index contributed by atoms with van der Waals surface area (Å²) in [6.45, 7) is 4.28. The molecule has 5 heteroatoms. The van der Waals surface area contributed by atoms with E-state index in [1.807, 2.05) is 23.7 Å². The fraction of sp³-hybridized carbons (Fsp3) is 0.250. The maximum atomic E-state index is 5.95. The van der Waals surface area contributed by atoms with Crippen molar-refractivity contribution in [2.45, 2.75) is 19.9 Å². The molecule has 0 unspecified atom stereocenters. The molecule has 0 radical (unpaired) electrons. The molecular weight excluding hydrogens is 234 g/mol. The van der Waals surface area contributed by atoms with Gasteiger partial charge in [-0.05, 0) is 26.0 Å². The van der Waals surface area contributed by atoms with Gasteiger partial charge in [-0.15, -0.1) is 4.68 Å². The van der Waals surface area contributed by atoms with Crippen molar-refractivity contribution in [3.05, 3.63) is 29.8 Å². The zero-order valence-corrected chi connectivity index (χ0v) is 10.6. The van der Waals surface area contributed by atoms with Crippen LogP contribution in [0.15, 0.2) is 29.8 Å². The smallest absolute Gasteiger partial charge is 0.360 e. The second-order valence-corrected chi connectivity index (χ2v) is 5.09. The number of rotatable bonds is 1. The Morgan fingerprint density at radius 2 is 2.12 bits per heavy atom. The van der Waals surface area contributed by atoms with Crippen LogP contribution in [0.25, 0.3) is 0 Å². The quantitative estimate of drug-likeness (QED) is 0.622. The lowest BCUT2D eigenvalue weighted by Gasteiger charge is -2.26. The van der Waals surface area contributed by atoms with Gasteiger partial charge >= 0.3 is 5.82 Å². The molecule has 1 aromatic carbocycles. The number of fused-ring (bicyclic) bond motifs is 2. The summed E-state index contributed by atoms with van der Waals surface area (Å²) < 4.78 is 7.48. The van der Waals surface area contributed by atoms with Crippen molar-refractivity contribution < 1.29 is 9.41 Å². The number of ether oxygens (including phenoxy) is 1. The van der Waals surface area contributed by atoms with Crippen LogP contribution in [-0.4, -0.2) is 6.04 Å². The molecule has 0 atom stereocenters. The molecule has 3 rings (SSSR count). The molecule has 88 valence electrons. The standard InChI is InChI=1S/C12H14N3OS/c1-8(2)15-9-5-3-4-6-10(9)16-12-11(15)14(13)7-17-12/h3-8H,13H2,1-2H3/q+1. The van der Waals surface area contributed by atoms with E-state index < -0.39 is 0 Å². The minimum Gasteiger partial charge on any atom is -0.434 e. The first-order chi connectivity index (χ1) is 8.18. The summed E-state index contributed by atoms with van der Waals surface area (Å²) in [6, 6.07) is 8.34. The van der Waals surface area contributed by atoms with Crippen molar-refractivity contribution in [2.24, 2.45) is 0 Å². The third-order valence-electron chi connectivity index (χ3n) is 2.77. The monoisotopic (exact) mass is 248 g/mol. The lowest BCUT2D eigenvalue weighted by Crippen LogP contribution is -2.48. The predicted octanol–water partition coefficient (Wildman–Crippen LogP) is 2.40. The fourth-order valence-corrected chi connectivity index (χ4v) is 2.84. The number of nitrogen functional groups attached to an aromatic ring is 1. The highest BCUT2D eigenvalue weighted by atomic mass is 32.1. The number of aromatic nitrogens is 1. The molecule has 1 aromatic heterocycles. The maximum absolute atomic E-state index is 5.95. The Morgan fingerprint density at radius 3 is 2.88 bits per heavy atom. The van der Waals surface area contributed by atoms with Crippen LogP contribution in [0.5, 0.6) is 10.8 Å². The molecule has 0 amide bonds. The van der Waals surface area contributed by atoms with Crippen molar-refractivity contribution >= 4 is 22.8 Å². The minimum atomic E-state index is 0.322. The first kappa shape index (κ1) is 10.4. The van der Waals surface area contributed by atoms with Crippen LogP contribution >= 0.6 is 11.3 Å². The summed E-state index contributed by atoms with van der Waals surface area (Å²) in [5.41, 5.74) is 2.92. The number of hydrogen-bond acceptors (Lipinski definition) is 4. The molecule has 2 aromatic rings. The average Bonchev–Trinajstić information content (AvgIpc) is 2.67. The van der Waals surface area contributed by atoms with Crippen LogP contribution in [0.1, 0.15) is 13.8 Å². The van der Waals surface area contributed by atoms with E-state index in [1.54, 1.807) is 4.68 Å². The van der Waals surface area contributed by atoms with Crippen LogP contribution in [0.4, 0.5) is 11.5 Å². The molecule has 0 fully saturated rings. The van der Waals surface area contributed by atoms with Gasteiger partial charge in [0.25, 0.3) is 5.06 Å². The molecule has 17 heavy (non-hydrogen) atoms. The summed E-state index contributed by atoms with van der Waals surface area (Å²) >= 11 is 1.51. The van der Waals surface area contributed by atoms with E-state index in [9.17, 15) is 0 Å². The highest BCUT2D eigenvalue weighted by molar-refractivity contribution is 7.11. The van der Waals surface area contributed by atoms with Crippen molar-refractivity contribution in [1.82, 2.24) is 0 Å². The number of thiazole rings is 1. The van der Waals surface area contributed by atoms with Gasteiger partial charge in [0.2, 0.25) is 0 Å². The summed E-state index contributed by atoms with van der Waals surface area (Å²) in [7, 11) is 0. The summed E-state index contributed by atoms with van der Waals surface area (Å²) in [5.74, 6) is 7.76. The molecule has 2 N–H and O–H groups in total. The van der Waals surface area contributed by atoms with Crippen LogP contribution < -0.4 is 20.2 Å². The molecule has 1 aliphatic rings. The highest BCUT2D eigenvalue weighted by Gasteiger charge is 2.37. The first-order valence-electron chi connectivity index (χ1n) is 5.53. The predicted molar refractivity (Wildman–Crippen MR) is 68.5 cm³/mol. The van der Waals surface area contributed by atoms with E-state index in [4.69, 9.17) is 10.6 Å². The summed E-state index contributed by atoms with van der Waals surface area (Å²) in [4.78, 5) is 2.20. The van der Waals surface area contributed by atoms with Crippen molar-refractivity contribution in [3.8, 4) is 10.8 Å². The zero-order chi connectivity index (χ0) is 12.0. The molecule has 0 saturated heterocycles. The second kappa shape index (κ2) is 3.63. The van der Waals surface area contributed by atoms with E-state index in [0.29, 0.717) is 6.04 Å².